The van der Waals surface area contributed by atoms with Gasteiger partial charge in [-0.1, -0.05) is 83.3 Å². The number of benzene rings is 2. The first-order valence-electron chi connectivity index (χ1n) is 9.69. The van der Waals surface area contributed by atoms with E-state index in [1.165, 1.54) is 22.3 Å². The second-order valence-electron chi connectivity index (χ2n) is 7.67. The van der Waals surface area contributed by atoms with Crippen LogP contribution in [0.3, 0.4) is 0 Å². The molecule has 1 saturated heterocycles. The van der Waals surface area contributed by atoms with E-state index in [0.29, 0.717) is 19.4 Å². The maximum Gasteiger partial charge on any atom is 0.409 e. The van der Waals surface area contributed by atoms with Crippen molar-refractivity contribution in [1.82, 2.24) is 4.90 Å². The summed E-state index contributed by atoms with van der Waals surface area (Å²) in [7, 11) is 0. The largest absolute Gasteiger partial charge is 0.448 e. The van der Waals surface area contributed by atoms with E-state index in [2.05, 4.69) is 24.3 Å². The van der Waals surface area contributed by atoms with Crippen LogP contribution in [0.4, 0.5) is 4.79 Å². The van der Waals surface area contributed by atoms with Crippen molar-refractivity contribution in [3.05, 3.63) is 59.7 Å². The quantitative estimate of drug-likeness (QED) is 0.608. The lowest BCUT2D eigenvalue weighted by atomic mass is 9.97. The number of alkyl halides is 3. The molecule has 1 atom stereocenters. The van der Waals surface area contributed by atoms with Crippen molar-refractivity contribution in [2.24, 2.45) is 0 Å². The third-order valence-corrected chi connectivity index (χ3v) is 6.99. The molecule has 1 N–H and O–H groups in total. The summed E-state index contributed by atoms with van der Waals surface area (Å²) < 4.78 is 3.91. The van der Waals surface area contributed by atoms with Crippen LogP contribution < -0.4 is 0 Å². The van der Waals surface area contributed by atoms with E-state index in [1.807, 2.05) is 24.3 Å². The summed E-state index contributed by atoms with van der Waals surface area (Å²) in [5.74, 6) is 0.0106. The molecule has 1 aliphatic carbocycles. The molecule has 2 aliphatic rings. The molecule has 1 fully saturated rings. The number of nitrogens with zero attached hydrogens (tertiary/aromatic N) is 1. The second kappa shape index (κ2) is 7.99. The number of aliphatic hydroxyl groups is 1. The first-order valence-corrected chi connectivity index (χ1v) is 10.8. The highest BCUT2D eigenvalue weighted by Crippen LogP contribution is 2.45. The van der Waals surface area contributed by atoms with Crippen LogP contribution in [0, 0.1) is 0 Å². The molecular weight excluding hydrogens is 433 g/mol. The highest BCUT2D eigenvalue weighted by atomic mass is 35.6. The van der Waals surface area contributed by atoms with Gasteiger partial charge in [0, 0.05) is 19.0 Å². The number of carbonyl (C=O) groups excluding carboxylic acids is 1. The van der Waals surface area contributed by atoms with Gasteiger partial charge in [0.2, 0.25) is 3.79 Å². The fourth-order valence-corrected chi connectivity index (χ4v) is 4.84. The van der Waals surface area contributed by atoms with Crippen LogP contribution in [0.5, 0.6) is 0 Å². The topological polar surface area (TPSA) is 49.8 Å². The molecule has 4 nitrogen and oxygen atoms in total. The van der Waals surface area contributed by atoms with Gasteiger partial charge in [0.1, 0.15) is 12.2 Å². The molecular formula is C22H22Cl3NO3. The average molecular weight is 455 g/mol. The number of halogens is 3. The highest BCUT2D eigenvalue weighted by Gasteiger charge is 2.47. The fraction of sp³-hybridized carbons (Fsp3) is 0.409. The number of ether oxygens (including phenoxy) is 1. The van der Waals surface area contributed by atoms with Gasteiger partial charge in [-0.3, -0.25) is 0 Å². The predicted molar refractivity (Wildman–Crippen MR) is 116 cm³/mol. The molecule has 0 saturated carbocycles. The molecule has 0 aromatic heterocycles. The van der Waals surface area contributed by atoms with Crippen molar-refractivity contribution in [3.8, 4) is 11.1 Å². The SMILES string of the molecule is O=C(OCC1c2ccccc2-c2ccccc21)N1CCCC(O)(C(Cl)(Cl)Cl)CC1. The Balaban J connectivity index is 1.44. The standard InChI is InChI=1S/C22H22Cl3NO3/c23-22(24,25)21(28)10-5-12-26(13-11-21)20(27)29-14-19-17-8-3-1-6-15(17)16-7-2-4-9-18(16)19/h1-4,6-9,19,28H,5,10-14H2. The van der Waals surface area contributed by atoms with E-state index < -0.39 is 15.5 Å². The molecule has 7 heteroatoms. The Bertz CT molecular complexity index is 869. The molecule has 154 valence electrons. The molecule has 1 heterocycles. The molecule has 2 aromatic rings. The maximum atomic E-state index is 12.7. The predicted octanol–water partition coefficient (Wildman–Crippen LogP) is 5.52. The van der Waals surface area contributed by atoms with E-state index in [0.717, 1.165) is 0 Å². The van der Waals surface area contributed by atoms with Crippen molar-refractivity contribution in [2.45, 2.75) is 34.6 Å². The lowest BCUT2D eigenvalue weighted by Crippen LogP contribution is -2.44. The van der Waals surface area contributed by atoms with Gasteiger partial charge in [0.15, 0.2) is 0 Å². The third-order valence-electron chi connectivity index (χ3n) is 5.94. The normalized spacial score (nSPS) is 22.0. The van der Waals surface area contributed by atoms with Crippen LogP contribution in [-0.2, 0) is 4.74 Å². The molecule has 0 spiro atoms. The number of hydrogen-bond donors (Lipinski definition) is 1. The zero-order valence-electron chi connectivity index (χ0n) is 15.8. The summed E-state index contributed by atoms with van der Waals surface area (Å²) in [5, 5.41) is 10.6. The van der Waals surface area contributed by atoms with Crippen molar-refractivity contribution >= 4 is 40.9 Å². The van der Waals surface area contributed by atoms with Crippen LogP contribution in [-0.4, -0.2) is 45.2 Å². The lowest BCUT2D eigenvalue weighted by Gasteiger charge is -2.33. The Morgan fingerprint density at radius 3 is 2.21 bits per heavy atom. The third kappa shape index (κ3) is 3.96. The smallest absolute Gasteiger partial charge is 0.409 e. The minimum Gasteiger partial charge on any atom is -0.448 e. The minimum absolute atomic E-state index is 0.0106. The van der Waals surface area contributed by atoms with Gasteiger partial charge in [0.25, 0.3) is 0 Å². The lowest BCUT2D eigenvalue weighted by molar-refractivity contribution is 0.0285. The number of fused-ring (bicyclic) bond motifs is 3. The Labute approximate surface area is 185 Å². The van der Waals surface area contributed by atoms with Crippen molar-refractivity contribution in [2.75, 3.05) is 19.7 Å². The monoisotopic (exact) mass is 453 g/mol. The van der Waals surface area contributed by atoms with Gasteiger partial charge >= 0.3 is 6.09 Å². The van der Waals surface area contributed by atoms with E-state index in [4.69, 9.17) is 39.5 Å². The molecule has 1 unspecified atom stereocenters. The van der Waals surface area contributed by atoms with E-state index in [1.54, 1.807) is 4.90 Å². The number of amides is 1. The molecule has 29 heavy (non-hydrogen) atoms. The van der Waals surface area contributed by atoms with Gasteiger partial charge in [-0.05, 0) is 41.5 Å². The second-order valence-corrected chi connectivity index (χ2v) is 9.96. The first kappa shape index (κ1) is 20.8. The van der Waals surface area contributed by atoms with Gasteiger partial charge in [-0.25, -0.2) is 4.79 Å². The van der Waals surface area contributed by atoms with Crippen molar-refractivity contribution < 1.29 is 14.6 Å². The minimum atomic E-state index is -1.79. The van der Waals surface area contributed by atoms with Gasteiger partial charge in [-0.2, -0.15) is 0 Å². The molecule has 4 rings (SSSR count). The molecule has 1 amide bonds. The molecule has 0 radical (unpaired) electrons. The summed E-state index contributed by atoms with van der Waals surface area (Å²) >= 11 is 17.8. The summed E-state index contributed by atoms with van der Waals surface area (Å²) in [4.78, 5) is 14.3. The van der Waals surface area contributed by atoms with Gasteiger partial charge < -0.3 is 14.7 Å². The number of rotatable bonds is 2. The Morgan fingerprint density at radius 2 is 1.62 bits per heavy atom. The molecule has 2 aromatic carbocycles. The average Bonchev–Trinajstić information content (AvgIpc) is 2.85. The summed E-state index contributed by atoms with van der Waals surface area (Å²) in [5.41, 5.74) is 3.26. The Kier molecular flexibility index (Phi) is 5.73. The van der Waals surface area contributed by atoms with Crippen LogP contribution in [0.2, 0.25) is 0 Å². The first-order chi connectivity index (χ1) is 13.8. The summed E-state index contributed by atoms with van der Waals surface area (Å²) in [6.07, 6.45) is 0.638. The Morgan fingerprint density at radius 1 is 1.03 bits per heavy atom. The van der Waals surface area contributed by atoms with E-state index >= 15 is 0 Å². The molecule has 1 aliphatic heterocycles. The van der Waals surface area contributed by atoms with Crippen LogP contribution in [0.25, 0.3) is 11.1 Å². The van der Waals surface area contributed by atoms with Crippen molar-refractivity contribution in [1.29, 1.82) is 0 Å². The highest BCUT2D eigenvalue weighted by molar-refractivity contribution is 6.68. The van der Waals surface area contributed by atoms with Crippen LogP contribution in [0.15, 0.2) is 48.5 Å². The van der Waals surface area contributed by atoms with Crippen LogP contribution in [0.1, 0.15) is 36.3 Å². The summed E-state index contributed by atoms with van der Waals surface area (Å²) in [6.45, 7) is 0.999. The van der Waals surface area contributed by atoms with Crippen LogP contribution >= 0.6 is 34.8 Å². The zero-order chi connectivity index (χ0) is 20.6. The van der Waals surface area contributed by atoms with E-state index in [9.17, 15) is 9.90 Å². The number of likely N-dealkylation sites (tertiary alicyclic amines) is 1. The number of carbonyl (C=O) groups is 1. The zero-order valence-corrected chi connectivity index (χ0v) is 18.1. The summed E-state index contributed by atoms with van der Waals surface area (Å²) in [6, 6.07) is 16.4. The van der Waals surface area contributed by atoms with Gasteiger partial charge in [-0.15, -0.1) is 0 Å². The fourth-order valence-electron chi connectivity index (χ4n) is 4.27. The number of hydrogen-bond acceptors (Lipinski definition) is 3. The van der Waals surface area contributed by atoms with Crippen molar-refractivity contribution in [3.63, 3.8) is 0 Å². The van der Waals surface area contributed by atoms with E-state index in [-0.39, 0.29) is 25.5 Å². The Hall–Kier alpha value is -1.46. The molecule has 0 bridgehead atoms. The maximum absolute atomic E-state index is 12.7. The van der Waals surface area contributed by atoms with Gasteiger partial charge in [0.05, 0.1) is 0 Å².